The van der Waals surface area contributed by atoms with Crippen molar-refractivity contribution in [3.05, 3.63) is 57.6 Å². The van der Waals surface area contributed by atoms with Gasteiger partial charge >= 0.3 is 0 Å². The monoisotopic (exact) mass is 349 g/mol. The second-order valence-corrected chi connectivity index (χ2v) is 6.91. The number of benzene rings is 2. The summed E-state index contributed by atoms with van der Waals surface area (Å²) in [7, 11) is 0. The second-order valence-electron chi connectivity index (χ2n) is 4.88. The van der Waals surface area contributed by atoms with E-state index in [2.05, 4.69) is 78.4 Å². The van der Waals surface area contributed by atoms with Crippen molar-refractivity contribution >= 4 is 27.7 Å². The Morgan fingerprint density at radius 3 is 2.55 bits per heavy atom. The van der Waals surface area contributed by atoms with E-state index in [0.717, 1.165) is 17.6 Å². The summed E-state index contributed by atoms with van der Waals surface area (Å²) < 4.78 is 1.13. The van der Waals surface area contributed by atoms with Gasteiger partial charge in [-0.1, -0.05) is 40.7 Å². The molecule has 0 aliphatic rings. The van der Waals surface area contributed by atoms with Crippen LogP contribution >= 0.6 is 27.7 Å². The SMILES string of the molecule is CCNCc1cc(Br)ccc1Sc1ccc(C)c(C)c1. The molecule has 3 heteroatoms. The highest BCUT2D eigenvalue weighted by Crippen LogP contribution is 2.33. The zero-order chi connectivity index (χ0) is 14.5. The largest absolute Gasteiger partial charge is 0.313 e. The van der Waals surface area contributed by atoms with E-state index in [0.29, 0.717) is 0 Å². The van der Waals surface area contributed by atoms with E-state index in [1.807, 2.05) is 11.8 Å². The summed E-state index contributed by atoms with van der Waals surface area (Å²) in [5.74, 6) is 0. The van der Waals surface area contributed by atoms with Crippen LogP contribution in [0.25, 0.3) is 0 Å². The third-order valence-corrected chi connectivity index (χ3v) is 4.90. The molecule has 0 aromatic heterocycles. The highest BCUT2D eigenvalue weighted by molar-refractivity contribution is 9.10. The highest BCUT2D eigenvalue weighted by atomic mass is 79.9. The summed E-state index contributed by atoms with van der Waals surface area (Å²) >= 11 is 5.39. The molecule has 106 valence electrons. The molecule has 2 rings (SSSR count). The fourth-order valence-electron chi connectivity index (χ4n) is 1.95. The lowest BCUT2D eigenvalue weighted by Gasteiger charge is -2.11. The number of nitrogens with one attached hydrogen (secondary N) is 1. The van der Waals surface area contributed by atoms with Crippen LogP contribution in [0.15, 0.2) is 50.7 Å². The van der Waals surface area contributed by atoms with Gasteiger partial charge < -0.3 is 5.32 Å². The fraction of sp³-hybridized carbons (Fsp3) is 0.294. The first kappa shape index (κ1) is 15.6. The molecule has 0 saturated heterocycles. The minimum Gasteiger partial charge on any atom is -0.313 e. The van der Waals surface area contributed by atoms with Crippen molar-refractivity contribution in [3.8, 4) is 0 Å². The molecule has 0 bridgehead atoms. The van der Waals surface area contributed by atoms with Crippen molar-refractivity contribution in [1.82, 2.24) is 5.32 Å². The molecular weight excluding hydrogens is 330 g/mol. The standard InChI is InChI=1S/C17H20BrNS/c1-4-19-11-14-10-15(18)6-8-17(14)20-16-7-5-12(2)13(3)9-16/h5-10,19H,4,11H2,1-3H3. The minimum atomic E-state index is 0.906. The molecule has 0 radical (unpaired) electrons. The molecule has 20 heavy (non-hydrogen) atoms. The van der Waals surface area contributed by atoms with Crippen LogP contribution in [0.5, 0.6) is 0 Å². The van der Waals surface area contributed by atoms with Gasteiger partial charge in [0.1, 0.15) is 0 Å². The maximum atomic E-state index is 3.56. The molecule has 0 spiro atoms. The Balaban J connectivity index is 2.25. The molecule has 1 N–H and O–H groups in total. The third kappa shape index (κ3) is 4.11. The summed E-state index contributed by atoms with van der Waals surface area (Å²) in [6.45, 7) is 8.35. The van der Waals surface area contributed by atoms with Crippen LogP contribution in [0.4, 0.5) is 0 Å². The van der Waals surface area contributed by atoms with Gasteiger partial charge in [0.05, 0.1) is 0 Å². The molecule has 0 fully saturated rings. The molecule has 0 aliphatic heterocycles. The normalized spacial score (nSPS) is 10.8. The van der Waals surface area contributed by atoms with Crippen molar-refractivity contribution in [2.45, 2.75) is 37.1 Å². The number of rotatable bonds is 5. The molecule has 0 unspecified atom stereocenters. The van der Waals surface area contributed by atoms with Crippen LogP contribution < -0.4 is 5.32 Å². The van der Waals surface area contributed by atoms with E-state index < -0.39 is 0 Å². The average molecular weight is 350 g/mol. The molecule has 2 aromatic carbocycles. The van der Waals surface area contributed by atoms with Crippen LogP contribution in [0.2, 0.25) is 0 Å². The summed E-state index contributed by atoms with van der Waals surface area (Å²) in [6.07, 6.45) is 0. The van der Waals surface area contributed by atoms with Crippen LogP contribution in [0.3, 0.4) is 0 Å². The molecule has 2 aromatic rings. The van der Waals surface area contributed by atoms with Gasteiger partial charge in [-0.2, -0.15) is 0 Å². The zero-order valence-corrected chi connectivity index (χ0v) is 14.6. The Bertz CT molecular complexity index is 596. The van der Waals surface area contributed by atoms with Gasteiger partial charge in [-0.3, -0.25) is 0 Å². The molecule has 1 nitrogen and oxygen atoms in total. The topological polar surface area (TPSA) is 12.0 Å². The first-order valence-electron chi connectivity index (χ1n) is 6.84. The maximum Gasteiger partial charge on any atom is 0.0217 e. The molecular formula is C17H20BrNS. The predicted octanol–water partition coefficient (Wildman–Crippen LogP) is 5.33. The zero-order valence-electron chi connectivity index (χ0n) is 12.2. The summed E-state index contributed by atoms with van der Waals surface area (Å²) in [5, 5.41) is 3.40. The first-order chi connectivity index (χ1) is 9.60. The van der Waals surface area contributed by atoms with Gasteiger partial charge in [-0.15, -0.1) is 0 Å². The molecule has 0 aliphatic carbocycles. The molecule has 0 atom stereocenters. The summed E-state index contributed by atoms with van der Waals surface area (Å²) in [6, 6.07) is 13.2. The van der Waals surface area contributed by atoms with Gasteiger partial charge in [-0.25, -0.2) is 0 Å². The number of aryl methyl sites for hydroxylation is 2. The van der Waals surface area contributed by atoms with Gasteiger partial charge in [-0.05, 0) is 67.4 Å². The van der Waals surface area contributed by atoms with E-state index in [1.54, 1.807) is 0 Å². The Kier molecular flexibility index (Phi) is 5.70. The van der Waals surface area contributed by atoms with Gasteiger partial charge in [0.2, 0.25) is 0 Å². The predicted molar refractivity (Wildman–Crippen MR) is 91.6 cm³/mol. The summed E-state index contributed by atoms with van der Waals surface area (Å²) in [5.41, 5.74) is 4.03. The van der Waals surface area contributed by atoms with E-state index >= 15 is 0 Å². The fourth-order valence-corrected chi connectivity index (χ4v) is 3.38. The minimum absolute atomic E-state index is 0.906. The van der Waals surface area contributed by atoms with E-state index in [4.69, 9.17) is 0 Å². The number of halogens is 1. The first-order valence-corrected chi connectivity index (χ1v) is 8.45. The Labute approximate surface area is 134 Å². The Morgan fingerprint density at radius 2 is 1.85 bits per heavy atom. The van der Waals surface area contributed by atoms with Crippen LogP contribution in [0.1, 0.15) is 23.6 Å². The lowest BCUT2D eigenvalue weighted by molar-refractivity contribution is 0.717. The van der Waals surface area contributed by atoms with Crippen LogP contribution in [-0.2, 0) is 6.54 Å². The molecule has 0 saturated carbocycles. The van der Waals surface area contributed by atoms with E-state index in [9.17, 15) is 0 Å². The second kappa shape index (κ2) is 7.30. The smallest absolute Gasteiger partial charge is 0.0217 e. The lowest BCUT2D eigenvalue weighted by Crippen LogP contribution is -2.12. The summed E-state index contributed by atoms with van der Waals surface area (Å²) in [4.78, 5) is 2.62. The van der Waals surface area contributed by atoms with Crippen molar-refractivity contribution in [1.29, 1.82) is 0 Å². The van der Waals surface area contributed by atoms with Gasteiger partial charge in [0.25, 0.3) is 0 Å². The Morgan fingerprint density at radius 1 is 1.05 bits per heavy atom. The number of hydrogen-bond donors (Lipinski definition) is 1. The van der Waals surface area contributed by atoms with Gasteiger partial charge in [0.15, 0.2) is 0 Å². The van der Waals surface area contributed by atoms with Crippen molar-refractivity contribution in [2.75, 3.05) is 6.54 Å². The van der Waals surface area contributed by atoms with E-state index in [-0.39, 0.29) is 0 Å². The number of hydrogen-bond acceptors (Lipinski definition) is 2. The molecule has 0 amide bonds. The Hall–Kier alpha value is -0.770. The lowest BCUT2D eigenvalue weighted by atomic mass is 10.1. The van der Waals surface area contributed by atoms with Crippen molar-refractivity contribution in [3.63, 3.8) is 0 Å². The quantitative estimate of drug-likeness (QED) is 0.783. The van der Waals surface area contributed by atoms with Crippen LogP contribution in [0, 0.1) is 13.8 Å². The maximum absolute atomic E-state index is 3.56. The average Bonchev–Trinajstić information content (AvgIpc) is 2.43. The third-order valence-electron chi connectivity index (χ3n) is 3.29. The van der Waals surface area contributed by atoms with E-state index in [1.165, 1.54) is 26.5 Å². The molecule has 0 heterocycles. The van der Waals surface area contributed by atoms with Crippen molar-refractivity contribution in [2.24, 2.45) is 0 Å². The van der Waals surface area contributed by atoms with Gasteiger partial charge in [0, 0.05) is 20.8 Å². The van der Waals surface area contributed by atoms with Crippen LogP contribution in [-0.4, -0.2) is 6.54 Å². The van der Waals surface area contributed by atoms with Crippen molar-refractivity contribution < 1.29 is 0 Å². The highest BCUT2D eigenvalue weighted by Gasteiger charge is 2.06.